The molecule has 27 heavy (non-hydrogen) atoms. The van der Waals surface area contributed by atoms with Crippen molar-refractivity contribution in [2.75, 3.05) is 5.32 Å². The lowest BCUT2D eigenvalue weighted by Crippen LogP contribution is -2.48. The molecule has 2 atom stereocenters. The van der Waals surface area contributed by atoms with Crippen LogP contribution in [-0.2, 0) is 11.2 Å². The van der Waals surface area contributed by atoms with E-state index in [-0.39, 0.29) is 23.7 Å². The summed E-state index contributed by atoms with van der Waals surface area (Å²) in [7, 11) is 0. The summed E-state index contributed by atoms with van der Waals surface area (Å²) in [4.78, 5) is 28.2. The number of alkyl halides is 3. The maximum Gasteiger partial charge on any atom is 0.393 e. The third-order valence-corrected chi connectivity index (χ3v) is 5.20. The first-order valence-corrected chi connectivity index (χ1v) is 9.36. The number of amides is 2. The molecule has 1 saturated carbocycles. The van der Waals surface area contributed by atoms with Crippen molar-refractivity contribution in [3.63, 3.8) is 0 Å². The largest absolute Gasteiger partial charge is 0.459 e. The molecular formula is C17H18F3N3O3S. The van der Waals surface area contributed by atoms with E-state index in [1.165, 1.54) is 12.3 Å². The molecule has 2 heterocycles. The Bertz CT molecular complexity index is 789. The van der Waals surface area contributed by atoms with Crippen LogP contribution in [0.15, 0.2) is 28.2 Å². The lowest BCUT2D eigenvalue weighted by molar-refractivity contribution is -0.189. The first-order chi connectivity index (χ1) is 12.8. The van der Waals surface area contributed by atoms with Crippen LogP contribution in [-0.4, -0.2) is 29.0 Å². The summed E-state index contributed by atoms with van der Waals surface area (Å²) in [5.74, 6) is -2.36. The van der Waals surface area contributed by atoms with E-state index in [2.05, 4.69) is 15.6 Å². The summed E-state index contributed by atoms with van der Waals surface area (Å²) < 4.78 is 44.3. The van der Waals surface area contributed by atoms with Crippen molar-refractivity contribution >= 4 is 28.3 Å². The van der Waals surface area contributed by atoms with Gasteiger partial charge in [-0.3, -0.25) is 14.9 Å². The number of rotatable bonds is 5. The lowest BCUT2D eigenvalue weighted by atomic mass is 9.84. The number of thiazole rings is 1. The molecule has 0 aliphatic heterocycles. The average Bonchev–Trinajstić information content (AvgIpc) is 3.26. The molecule has 0 aromatic carbocycles. The highest BCUT2D eigenvalue weighted by Crippen LogP contribution is 2.37. The highest BCUT2D eigenvalue weighted by molar-refractivity contribution is 7.14. The van der Waals surface area contributed by atoms with Crippen molar-refractivity contribution in [3.8, 4) is 0 Å². The molecule has 1 fully saturated rings. The van der Waals surface area contributed by atoms with Gasteiger partial charge >= 0.3 is 6.18 Å². The third-order valence-electron chi connectivity index (χ3n) is 4.39. The summed E-state index contributed by atoms with van der Waals surface area (Å²) >= 11 is 1.12. The second kappa shape index (κ2) is 8.12. The van der Waals surface area contributed by atoms with Gasteiger partial charge in [0.2, 0.25) is 5.91 Å². The number of furan rings is 1. The minimum absolute atomic E-state index is 0.0358. The minimum Gasteiger partial charge on any atom is -0.459 e. The fourth-order valence-corrected chi connectivity index (χ4v) is 3.84. The Hall–Kier alpha value is -2.36. The van der Waals surface area contributed by atoms with Gasteiger partial charge in [0.05, 0.1) is 24.3 Å². The Kier molecular flexibility index (Phi) is 5.83. The predicted molar refractivity (Wildman–Crippen MR) is 92.4 cm³/mol. The van der Waals surface area contributed by atoms with Crippen LogP contribution in [0, 0.1) is 5.92 Å². The van der Waals surface area contributed by atoms with Crippen molar-refractivity contribution in [1.82, 2.24) is 10.3 Å². The molecule has 10 heteroatoms. The molecule has 1 aliphatic rings. The number of halogens is 3. The molecule has 146 valence electrons. The molecule has 2 amide bonds. The number of carbonyl (C=O) groups is 2. The molecule has 1 aliphatic carbocycles. The van der Waals surface area contributed by atoms with E-state index in [0.29, 0.717) is 25.0 Å². The summed E-state index contributed by atoms with van der Waals surface area (Å²) in [5, 5.41) is 6.91. The van der Waals surface area contributed by atoms with Crippen molar-refractivity contribution in [3.05, 3.63) is 35.2 Å². The fourth-order valence-electron chi connectivity index (χ4n) is 3.13. The van der Waals surface area contributed by atoms with Crippen molar-refractivity contribution < 1.29 is 27.2 Å². The van der Waals surface area contributed by atoms with Gasteiger partial charge in [0.1, 0.15) is 0 Å². The van der Waals surface area contributed by atoms with Crippen molar-refractivity contribution in [2.45, 2.75) is 44.3 Å². The molecule has 0 saturated heterocycles. The Morgan fingerprint density at radius 2 is 2.07 bits per heavy atom. The maximum absolute atomic E-state index is 13.1. The van der Waals surface area contributed by atoms with Crippen LogP contribution >= 0.6 is 11.3 Å². The van der Waals surface area contributed by atoms with Gasteiger partial charge in [0, 0.05) is 11.4 Å². The number of nitrogens with one attached hydrogen (secondary N) is 2. The van der Waals surface area contributed by atoms with E-state index in [4.69, 9.17) is 4.42 Å². The maximum atomic E-state index is 13.1. The van der Waals surface area contributed by atoms with Crippen molar-refractivity contribution in [2.24, 2.45) is 5.92 Å². The topological polar surface area (TPSA) is 84.2 Å². The zero-order chi connectivity index (χ0) is 19.4. The van der Waals surface area contributed by atoms with Crippen molar-refractivity contribution in [1.29, 1.82) is 0 Å². The molecule has 3 rings (SSSR count). The van der Waals surface area contributed by atoms with E-state index >= 15 is 0 Å². The van der Waals surface area contributed by atoms with E-state index < -0.39 is 30.0 Å². The van der Waals surface area contributed by atoms with Gasteiger partial charge in [-0.1, -0.05) is 12.8 Å². The first-order valence-electron chi connectivity index (χ1n) is 8.48. The quantitative estimate of drug-likeness (QED) is 0.799. The zero-order valence-corrected chi connectivity index (χ0v) is 15.0. The van der Waals surface area contributed by atoms with Crippen LogP contribution in [0.5, 0.6) is 0 Å². The highest BCUT2D eigenvalue weighted by Gasteiger charge is 2.45. The van der Waals surface area contributed by atoms with Gasteiger partial charge in [0.15, 0.2) is 10.9 Å². The molecule has 0 radical (unpaired) electrons. The minimum atomic E-state index is -4.32. The lowest BCUT2D eigenvalue weighted by Gasteiger charge is -2.33. The highest BCUT2D eigenvalue weighted by atomic mass is 32.1. The molecule has 2 aromatic heterocycles. The number of nitrogens with zero attached hydrogens (tertiary/aromatic N) is 1. The standard InChI is InChI=1S/C17H18F3N3O3S/c18-17(19,20)11-4-1-2-5-12(11)22-14(24)8-10-9-27-16(21-10)23-15(25)13-6-3-7-26-13/h3,6-7,9,11-12H,1-2,4-5,8H2,(H,22,24)(H,21,23,25). The predicted octanol–water partition coefficient (Wildman–Crippen LogP) is 3.77. The van der Waals surface area contributed by atoms with Crippen LogP contribution in [0.3, 0.4) is 0 Å². The second-order valence-corrected chi connectivity index (χ2v) is 7.22. The monoisotopic (exact) mass is 401 g/mol. The number of hydrogen-bond acceptors (Lipinski definition) is 5. The van der Waals surface area contributed by atoms with Crippen LogP contribution in [0.4, 0.5) is 18.3 Å². The first kappa shape index (κ1) is 19.4. The zero-order valence-electron chi connectivity index (χ0n) is 14.2. The van der Waals surface area contributed by atoms with E-state index in [0.717, 1.165) is 11.3 Å². The molecular weight excluding hydrogens is 383 g/mol. The average molecular weight is 401 g/mol. The van der Waals surface area contributed by atoms with Gasteiger partial charge in [0.25, 0.3) is 5.91 Å². The van der Waals surface area contributed by atoms with Gasteiger partial charge < -0.3 is 9.73 Å². The molecule has 2 N–H and O–H groups in total. The van der Waals surface area contributed by atoms with E-state index in [1.54, 1.807) is 11.4 Å². The van der Waals surface area contributed by atoms with Crippen LogP contribution < -0.4 is 10.6 Å². The van der Waals surface area contributed by atoms with Gasteiger partial charge in [-0.15, -0.1) is 11.3 Å². The van der Waals surface area contributed by atoms with E-state index in [9.17, 15) is 22.8 Å². The Labute approximate surface area is 157 Å². The van der Waals surface area contributed by atoms with Gasteiger partial charge in [-0.25, -0.2) is 4.98 Å². The normalized spacial score (nSPS) is 20.3. The smallest absolute Gasteiger partial charge is 0.393 e. The number of hydrogen-bond donors (Lipinski definition) is 2. The number of aromatic nitrogens is 1. The molecule has 2 unspecified atom stereocenters. The summed E-state index contributed by atoms with van der Waals surface area (Å²) in [6.45, 7) is 0. The molecule has 0 spiro atoms. The molecule has 0 bridgehead atoms. The molecule has 6 nitrogen and oxygen atoms in total. The summed E-state index contributed by atoms with van der Waals surface area (Å²) in [5.41, 5.74) is 0.381. The Morgan fingerprint density at radius 3 is 2.78 bits per heavy atom. The summed E-state index contributed by atoms with van der Waals surface area (Å²) in [6.07, 6.45) is -1.56. The number of anilines is 1. The van der Waals surface area contributed by atoms with Gasteiger partial charge in [-0.05, 0) is 25.0 Å². The Balaban J connectivity index is 1.55. The van der Waals surface area contributed by atoms with Crippen LogP contribution in [0.25, 0.3) is 0 Å². The fraction of sp³-hybridized carbons (Fsp3) is 0.471. The molecule has 2 aromatic rings. The van der Waals surface area contributed by atoms with Crippen LogP contribution in [0.2, 0.25) is 0 Å². The second-order valence-electron chi connectivity index (χ2n) is 6.36. The van der Waals surface area contributed by atoms with Gasteiger partial charge in [-0.2, -0.15) is 13.2 Å². The van der Waals surface area contributed by atoms with Crippen LogP contribution in [0.1, 0.15) is 41.9 Å². The number of carbonyl (C=O) groups excluding carboxylic acids is 2. The Morgan fingerprint density at radius 1 is 1.30 bits per heavy atom. The third kappa shape index (κ3) is 5.09. The van der Waals surface area contributed by atoms with E-state index in [1.807, 2.05) is 0 Å². The summed E-state index contributed by atoms with van der Waals surface area (Å²) in [6, 6.07) is 2.17. The SMILES string of the molecule is O=C(Cc1csc(NC(=O)c2ccco2)n1)NC1CCCCC1C(F)(F)F.